The van der Waals surface area contributed by atoms with E-state index < -0.39 is 0 Å². The predicted molar refractivity (Wildman–Crippen MR) is 87.9 cm³/mol. The molecule has 4 nitrogen and oxygen atoms in total. The summed E-state index contributed by atoms with van der Waals surface area (Å²) in [5, 5.41) is 3.45. The first kappa shape index (κ1) is 14.6. The maximum atomic E-state index is 12.2. The normalized spacial score (nSPS) is 14.9. The fraction of sp³-hybridized carbons (Fsp3) is 0.333. The van der Waals surface area contributed by atoms with Crippen LogP contribution in [0, 0.1) is 6.92 Å². The summed E-state index contributed by atoms with van der Waals surface area (Å²) >= 11 is 0. The van der Waals surface area contributed by atoms with Gasteiger partial charge in [0, 0.05) is 29.9 Å². The van der Waals surface area contributed by atoms with E-state index in [2.05, 4.69) is 48.4 Å². The van der Waals surface area contributed by atoms with Crippen LogP contribution in [0.4, 0.5) is 5.82 Å². The largest absolute Gasteiger partial charge is 0.363 e. The standard InChI is InChI=1S/C18H21N3O/c1-4-21-11-16-15(18(21)22)9-10-19-17(16)20-13(3)14-7-5-12(2)6-8-14/h5-10,13H,4,11H2,1-3H3,(H,19,20). The summed E-state index contributed by atoms with van der Waals surface area (Å²) in [7, 11) is 0. The van der Waals surface area contributed by atoms with Crippen molar-refractivity contribution in [1.29, 1.82) is 0 Å². The molecule has 0 bridgehead atoms. The molecule has 1 aliphatic heterocycles. The van der Waals surface area contributed by atoms with E-state index in [-0.39, 0.29) is 11.9 Å². The number of nitrogens with one attached hydrogen (secondary N) is 1. The van der Waals surface area contributed by atoms with E-state index in [1.54, 1.807) is 6.20 Å². The summed E-state index contributed by atoms with van der Waals surface area (Å²) in [6, 6.07) is 10.4. The van der Waals surface area contributed by atoms with Crippen molar-refractivity contribution in [2.75, 3.05) is 11.9 Å². The van der Waals surface area contributed by atoms with Crippen LogP contribution in [0.5, 0.6) is 0 Å². The van der Waals surface area contributed by atoms with E-state index in [0.717, 1.165) is 23.5 Å². The van der Waals surface area contributed by atoms with Gasteiger partial charge in [-0.05, 0) is 32.4 Å². The number of carbonyl (C=O) groups is 1. The minimum Gasteiger partial charge on any atom is -0.363 e. The third kappa shape index (κ3) is 2.56. The van der Waals surface area contributed by atoms with Gasteiger partial charge in [0.05, 0.1) is 6.54 Å². The predicted octanol–water partition coefficient (Wildman–Crippen LogP) is 3.54. The Morgan fingerprint density at radius 1 is 1.27 bits per heavy atom. The van der Waals surface area contributed by atoms with Crippen molar-refractivity contribution in [3.8, 4) is 0 Å². The molecular formula is C18H21N3O. The van der Waals surface area contributed by atoms with Crippen LogP contribution in [0.3, 0.4) is 0 Å². The van der Waals surface area contributed by atoms with Gasteiger partial charge in [-0.3, -0.25) is 4.79 Å². The number of nitrogens with zero attached hydrogens (tertiary/aromatic N) is 2. The quantitative estimate of drug-likeness (QED) is 0.938. The Labute approximate surface area is 131 Å². The molecule has 4 heteroatoms. The number of fused-ring (bicyclic) bond motifs is 1. The van der Waals surface area contributed by atoms with E-state index in [4.69, 9.17) is 0 Å². The molecule has 1 aromatic carbocycles. The number of hydrogen-bond donors (Lipinski definition) is 1. The zero-order valence-corrected chi connectivity index (χ0v) is 13.3. The first-order chi connectivity index (χ1) is 10.6. The van der Waals surface area contributed by atoms with E-state index in [9.17, 15) is 4.79 Å². The van der Waals surface area contributed by atoms with Crippen LogP contribution in [-0.2, 0) is 6.54 Å². The van der Waals surface area contributed by atoms with Crippen molar-refractivity contribution in [2.45, 2.75) is 33.4 Å². The molecule has 22 heavy (non-hydrogen) atoms. The number of pyridine rings is 1. The van der Waals surface area contributed by atoms with Crippen molar-refractivity contribution in [1.82, 2.24) is 9.88 Å². The number of benzene rings is 1. The van der Waals surface area contributed by atoms with Gasteiger partial charge in [-0.2, -0.15) is 0 Å². The molecule has 0 aliphatic carbocycles. The molecule has 1 aromatic heterocycles. The molecule has 3 rings (SSSR count). The van der Waals surface area contributed by atoms with Crippen LogP contribution >= 0.6 is 0 Å². The number of amides is 1. The number of anilines is 1. The van der Waals surface area contributed by atoms with Crippen LogP contribution in [0.1, 0.15) is 46.9 Å². The second-order valence-electron chi connectivity index (χ2n) is 5.78. The van der Waals surface area contributed by atoms with Gasteiger partial charge in [-0.25, -0.2) is 4.98 Å². The summed E-state index contributed by atoms with van der Waals surface area (Å²) in [4.78, 5) is 18.5. The lowest BCUT2D eigenvalue weighted by molar-refractivity contribution is 0.0787. The molecule has 1 aliphatic rings. The van der Waals surface area contributed by atoms with Crippen molar-refractivity contribution in [3.63, 3.8) is 0 Å². The van der Waals surface area contributed by atoms with E-state index >= 15 is 0 Å². The maximum absolute atomic E-state index is 12.2. The topological polar surface area (TPSA) is 45.2 Å². The molecule has 0 fully saturated rings. The Balaban J connectivity index is 1.85. The first-order valence-electron chi connectivity index (χ1n) is 7.70. The highest BCUT2D eigenvalue weighted by molar-refractivity contribution is 5.99. The van der Waals surface area contributed by atoms with Crippen LogP contribution < -0.4 is 5.32 Å². The van der Waals surface area contributed by atoms with Crippen molar-refractivity contribution >= 4 is 11.7 Å². The lowest BCUT2D eigenvalue weighted by Gasteiger charge is -2.17. The van der Waals surface area contributed by atoms with Crippen molar-refractivity contribution < 1.29 is 4.79 Å². The number of hydrogen-bond acceptors (Lipinski definition) is 3. The molecule has 1 amide bonds. The summed E-state index contributed by atoms with van der Waals surface area (Å²) in [6.45, 7) is 7.56. The molecule has 0 spiro atoms. The molecule has 114 valence electrons. The molecule has 2 aromatic rings. The highest BCUT2D eigenvalue weighted by atomic mass is 16.2. The summed E-state index contributed by atoms with van der Waals surface area (Å²) in [5.74, 6) is 0.917. The third-order valence-corrected chi connectivity index (χ3v) is 4.23. The van der Waals surface area contributed by atoms with Crippen molar-refractivity contribution in [3.05, 3.63) is 58.8 Å². The van der Waals surface area contributed by atoms with Gasteiger partial charge in [-0.1, -0.05) is 29.8 Å². The average Bonchev–Trinajstić information content (AvgIpc) is 2.85. The Morgan fingerprint density at radius 2 is 2.00 bits per heavy atom. The monoisotopic (exact) mass is 295 g/mol. The smallest absolute Gasteiger partial charge is 0.254 e. The lowest BCUT2D eigenvalue weighted by atomic mass is 10.1. The highest BCUT2D eigenvalue weighted by Crippen LogP contribution is 2.29. The molecule has 1 atom stereocenters. The number of rotatable bonds is 4. The van der Waals surface area contributed by atoms with Gasteiger partial charge in [-0.15, -0.1) is 0 Å². The zero-order chi connectivity index (χ0) is 15.7. The minimum atomic E-state index is 0.103. The zero-order valence-electron chi connectivity index (χ0n) is 13.3. The van der Waals surface area contributed by atoms with E-state index in [0.29, 0.717) is 6.54 Å². The molecule has 2 heterocycles. The average molecular weight is 295 g/mol. The van der Waals surface area contributed by atoms with Crippen LogP contribution in [0.2, 0.25) is 0 Å². The first-order valence-corrected chi connectivity index (χ1v) is 7.70. The number of aryl methyl sites for hydroxylation is 1. The Bertz CT molecular complexity index is 694. The van der Waals surface area contributed by atoms with E-state index in [1.165, 1.54) is 11.1 Å². The second kappa shape index (κ2) is 5.79. The number of aromatic nitrogens is 1. The van der Waals surface area contributed by atoms with Crippen molar-refractivity contribution in [2.24, 2.45) is 0 Å². The lowest BCUT2D eigenvalue weighted by Crippen LogP contribution is -2.22. The molecular weight excluding hydrogens is 274 g/mol. The molecule has 1 unspecified atom stereocenters. The molecule has 1 N–H and O–H groups in total. The van der Waals surface area contributed by atoms with Gasteiger partial charge in [0.25, 0.3) is 5.91 Å². The van der Waals surface area contributed by atoms with Crippen LogP contribution in [0.15, 0.2) is 36.5 Å². The Kier molecular flexibility index (Phi) is 3.84. The molecule has 0 saturated heterocycles. The number of carbonyl (C=O) groups excluding carboxylic acids is 1. The van der Waals surface area contributed by atoms with Crippen LogP contribution in [-0.4, -0.2) is 22.3 Å². The second-order valence-corrected chi connectivity index (χ2v) is 5.78. The summed E-state index contributed by atoms with van der Waals surface area (Å²) in [5.41, 5.74) is 4.24. The van der Waals surface area contributed by atoms with Gasteiger partial charge in [0.1, 0.15) is 5.82 Å². The SMILES string of the molecule is CCN1Cc2c(ccnc2NC(C)c2ccc(C)cc2)C1=O. The van der Waals surface area contributed by atoms with Crippen LogP contribution in [0.25, 0.3) is 0 Å². The molecule has 0 radical (unpaired) electrons. The summed E-state index contributed by atoms with van der Waals surface area (Å²) in [6.07, 6.45) is 1.71. The fourth-order valence-electron chi connectivity index (χ4n) is 2.81. The van der Waals surface area contributed by atoms with Gasteiger partial charge < -0.3 is 10.2 Å². The Hall–Kier alpha value is -2.36. The summed E-state index contributed by atoms with van der Waals surface area (Å²) < 4.78 is 0. The fourth-order valence-corrected chi connectivity index (χ4v) is 2.81. The van der Waals surface area contributed by atoms with Gasteiger partial charge in [0.15, 0.2) is 0 Å². The van der Waals surface area contributed by atoms with E-state index in [1.807, 2.05) is 17.9 Å². The third-order valence-electron chi connectivity index (χ3n) is 4.23. The van der Waals surface area contributed by atoms with Gasteiger partial charge in [0.2, 0.25) is 0 Å². The Morgan fingerprint density at radius 3 is 2.68 bits per heavy atom. The molecule has 0 saturated carbocycles. The maximum Gasteiger partial charge on any atom is 0.254 e. The van der Waals surface area contributed by atoms with Gasteiger partial charge >= 0.3 is 0 Å². The highest BCUT2D eigenvalue weighted by Gasteiger charge is 2.29. The minimum absolute atomic E-state index is 0.103.